The number of aryl methyl sites for hydroxylation is 1. The van der Waals surface area contributed by atoms with E-state index in [4.69, 9.17) is 11.6 Å². The van der Waals surface area contributed by atoms with E-state index in [-0.39, 0.29) is 17.0 Å². The van der Waals surface area contributed by atoms with Crippen LogP contribution >= 0.6 is 11.6 Å². The number of rotatable bonds is 3. The first kappa shape index (κ1) is 12.5. The minimum absolute atomic E-state index is 0.0602. The second kappa shape index (κ2) is 5.14. The van der Waals surface area contributed by atoms with Gasteiger partial charge in [0.1, 0.15) is 5.82 Å². The van der Waals surface area contributed by atoms with Gasteiger partial charge in [0.05, 0.1) is 0 Å². The molecule has 0 atom stereocenters. The van der Waals surface area contributed by atoms with Crippen molar-refractivity contribution in [1.82, 2.24) is 15.0 Å². The quantitative estimate of drug-likeness (QED) is 0.895. The van der Waals surface area contributed by atoms with Crippen molar-refractivity contribution in [1.29, 1.82) is 0 Å². The van der Waals surface area contributed by atoms with Gasteiger partial charge in [-0.05, 0) is 42.3 Å². The average molecular weight is 268 g/mol. The second-order valence-corrected chi connectivity index (χ2v) is 3.98. The van der Waals surface area contributed by atoms with Crippen LogP contribution in [0, 0.1) is 12.7 Å². The molecule has 5 nitrogen and oxygen atoms in total. The summed E-state index contributed by atoms with van der Waals surface area (Å²) in [4.78, 5) is 11.8. The molecule has 1 heterocycles. The van der Waals surface area contributed by atoms with Gasteiger partial charge in [-0.15, -0.1) is 0 Å². The maximum Gasteiger partial charge on any atom is 0.233 e. The normalized spacial score (nSPS) is 10.2. The summed E-state index contributed by atoms with van der Waals surface area (Å²) < 4.78 is 13.2. The Hall–Kier alpha value is -1.95. The number of halogens is 2. The molecule has 0 radical (unpaired) electrons. The van der Waals surface area contributed by atoms with Crippen molar-refractivity contribution in [3.05, 3.63) is 34.9 Å². The molecule has 0 fully saturated rings. The zero-order valence-electron chi connectivity index (χ0n) is 9.83. The highest BCUT2D eigenvalue weighted by atomic mass is 35.5. The lowest BCUT2D eigenvalue weighted by Crippen LogP contribution is -2.04. The van der Waals surface area contributed by atoms with E-state index >= 15 is 0 Å². The van der Waals surface area contributed by atoms with E-state index in [2.05, 4.69) is 25.6 Å². The van der Waals surface area contributed by atoms with Crippen LogP contribution in [0.3, 0.4) is 0 Å². The van der Waals surface area contributed by atoms with E-state index < -0.39 is 0 Å². The molecule has 0 amide bonds. The third-order valence-electron chi connectivity index (χ3n) is 2.13. The lowest BCUT2D eigenvalue weighted by atomic mass is 10.2. The summed E-state index contributed by atoms with van der Waals surface area (Å²) >= 11 is 5.74. The van der Waals surface area contributed by atoms with Crippen molar-refractivity contribution in [2.45, 2.75) is 6.92 Å². The number of aromatic nitrogens is 3. The largest absolute Gasteiger partial charge is 0.357 e. The van der Waals surface area contributed by atoms with Crippen LogP contribution in [-0.2, 0) is 0 Å². The Morgan fingerprint density at radius 3 is 2.50 bits per heavy atom. The maximum absolute atomic E-state index is 13.2. The van der Waals surface area contributed by atoms with Crippen molar-refractivity contribution in [2.24, 2.45) is 0 Å². The predicted molar refractivity (Wildman–Crippen MR) is 68.8 cm³/mol. The highest BCUT2D eigenvalue weighted by Crippen LogP contribution is 2.18. The minimum atomic E-state index is -0.327. The van der Waals surface area contributed by atoms with Gasteiger partial charge in [-0.3, -0.25) is 0 Å². The van der Waals surface area contributed by atoms with Crippen molar-refractivity contribution >= 4 is 29.2 Å². The first-order valence-corrected chi connectivity index (χ1v) is 5.58. The molecule has 0 spiro atoms. The zero-order chi connectivity index (χ0) is 13.1. The van der Waals surface area contributed by atoms with Crippen LogP contribution in [0.2, 0.25) is 5.28 Å². The van der Waals surface area contributed by atoms with Crippen LogP contribution in [0.1, 0.15) is 5.56 Å². The van der Waals surface area contributed by atoms with Crippen LogP contribution in [0.5, 0.6) is 0 Å². The highest BCUT2D eigenvalue weighted by Gasteiger charge is 2.05. The summed E-state index contributed by atoms with van der Waals surface area (Å²) in [5.74, 6) is 0.265. The number of nitrogens with one attached hydrogen (secondary N) is 2. The van der Waals surface area contributed by atoms with Crippen molar-refractivity contribution in [2.75, 3.05) is 17.7 Å². The molecule has 1 aromatic carbocycles. The van der Waals surface area contributed by atoms with Gasteiger partial charge in [0.15, 0.2) is 0 Å². The zero-order valence-corrected chi connectivity index (χ0v) is 10.6. The molecule has 7 heteroatoms. The number of anilines is 3. The summed E-state index contributed by atoms with van der Waals surface area (Å²) in [6.07, 6.45) is 0. The van der Waals surface area contributed by atoms with Crippen LogP contribution < -0.4 is 10.6 Å². The lowest BCUT2D eigenvalue weighted by Gasteiger charge is -2.07. The monoisotopic (exact) mass is 267 g/mol. The molecule has 18 heavy (non-hydrogen) atoms. The van der Waals surface area contributed by atoms with Crippen LogP contribution in [-0.4, -0.2) is 22.0 Å². The smallest absolute Gasteiger partial charge is 0.233 e. The number of hydrogen-bond donors (Lipinski definition) is 2. The first-order chi connectivity index (χ1) is 8.56. The third-order valence-corrected chi connectivity index (χ3v) is 2.30. The molecule has 0 aliphatic heterocycles. The van der Waals surface area contributed by atoms with Gasteiger partial charge >= 0.3 is 0 Å². The Morgan fingerprint density at radius 2 is 1.83 bits per heavy atom. The van der Waals surface area contributed by atoms with Gasteiger partial charge in [-0.1, -0.05) is 0 Å². The van der Waals surface area contributed by atoms with Crippen molar-refractivity contribution in [3.63, 3.8) is 0 Å². The first-order valence-electron chi connectivity index (χ1n) is 5.20. The van der Waals surface area contributed by atoms with E-state index in [9.17, 15) is 4.39 Å². The molecule has 0 bridgehead atoms. The highest BCUT2D eigenvalue weighted by molar-refractivity contribution is 6.28. The van der Waals surface area contributed by atoms with E-state index in [1.807, 2.05) is 0 Å². The van der Waals surface area contributed by atoms with Crippen LogP contribution in [0.4, 0.5) is 22.0 Å². The fraction of sp³-hybridized carbons (Fsp3) is 0.182. The molecule has 1 aromatic heterocycles. The van der Waals surface area contributed by atoms with Gasteiger partial charge in [0.2, 0.25) is 17.2 Å². The Bertz CT molecular complexity index is 555. The molecule has 94 valence electrons. The number of hydrogen-bond acceptors (Lipinski definition) is 5. The minimum Gasteiger partial charge on any atom is -0.357 e. The van der Waals surface area contributed by atoms with E-state index in [1.54, 1.807) is 20.0 Å². The Balaban J connectivity index is 2.30. The Kier molecular flexibility index (Phi) is 3.57. The summed E-state index contributed by atoms with van der Waals surface area (Å²) in [5, 5.41) is 5.69. The fourth-order valence-corrected chi connectivity index (χ4v) is 1.62. The predicted octanol–water partition coefficient (Wildman–Crippen LogP) is 2.76. The van der Waals surface area contributed by atoms with E-state index in [0.717, 1.165) is 5.56 Å². The van der Waals surface area contributed by atoms with Gasteiger partial charge in [-0.25, -0.2) is 4.39 Å². The standard InChI is InChI=1S/C11H11ClFN5/c1-6-3-7(13)5-8(4-6)15-11-17-9(12)16-10(14-2)18-11/h3-5H,1-2H3,(H2,14,15,16,17,18). The molecule has 2 N–H and O–H groups in total. The van der Waals surface area contributed by atoms with Gasteiger partial charge in [0, 0.05) is 12.7 Å². The summed E-state index contributed by atoms with van der Waals surface area (Å²) in [7, 11) is 1.67. The van der Waals surface area contributed by atoms with Crippen LogP contribution in [0.15, 0.2) is 18.2 Å². The Labute approximate surface area is 108 Å². The third kappa shape index (κ3) is 3.04. The molecule has 0 unspecified atom stereocenters. The topological polar surface area (TPSA) is 62.7 Å². The van der Waals surface area contributed by atoms with Crippen molar-refractivity contribution in [3.8, 4) is 0 Å². The maximum atomic E-state index is 13.2. The van der Waals surface area contributed by atoms with Crippen molar-refractivity contribution < 1.29 is 4.39 Å². The van der Waals surface area contributed by atoms with E-state index in [0.29, 0.717) is 11.6 Å². The van der Waals surface area contributed by atoms with Gasteiger partial charge < -0.3 is 10.6 Å². The molecule has 0 aliphatic rings. The Morgan fingerprint density at radius 1 is 1.11 bits per heavy atom. The summed E-state index contributed by atoms with van der Waals surface area (Å²) in [6, 6.07) is 4.56. The lowest BCUT2D eigenvalue weighted by molar-refractivity contribution is 0.627. The molecule has 0 saturated heterocycles. The molecular weight excluding hydrogens is 257 g/mol. The molecule has 2 rings (SSSR count). The molecule has 2 aromatic rings. The summed E-state index contributed by atoms with van der Waals surface area (Å²) in [6.45, 7) is 1.80. The fourth-order valence-electron chi connectivity index (χ4n) is 1.46. The SMILES string of the molecule is CNc1nc(Cl)nc(Nc2cc(C)cc(F)c2)n1. The average Bonchev–Trinajstić information content (AvgIpc) is 2.26. The molecule has 0 aliphatic carbocycles. The second-order valence-electron chi connectivity index (χ2n) is 3.64. The molecular formula is C11H11ClFN5. The summed E-state index contributed by atoms with van der Waals surface area (Å²) in [5.41, 5.74) is 1.35. The molecule has 0 saturated carbocycles. The van der Waals surface area contributed by atoms with Gasteiger partial charge in [0.25, 0.3) is 0 Å². The van der Waals surface area contributed by atoms with Crippen LogP contribution in [0.25, 0.3) is 0 Å². The van der Waals surface area contributed by atoms with Gasteiger partial charge in [-0.2, -0.15) is 15.0 Å². The van der Waals surface area contributed by atoms with E-state index in [1.165, 1.54) is 12.1 Å². The number of benzene rings is 1. The number of nitrogens with zero attached hydrogens (tertiary/aromatic N) is 3.